The fourth-order valence-corrected chi connectivity index (χ4v) is 4.99. The molecule has 0 bridgehead atoms. The van der Waals surface area contributed by atoms with Gasteiger partial charge in [-0.1, -0.05) is 0 Å². The SMILES string of the molecule is Cc1c(-c2ccncc2)nc(Nc2ccc3nc(C4CC4)sc3c2)c2cccnc12. The number of thiazole rings is 1. The number of aromatic nitrogens is 4. The van der Waals surface area contributed by atoms with Gasteiger partial charge in [0.1, 0.15) is 5.82 Å². The molecule has 5 aromatic rings. The molecule has 4 aromatic heterocycles. The van der Waals surface area contributed by atoms with Crippen LogP contribution in [-0.2, 0) is 0 Å². The second-order valence-corrected chi connectivity index (χ2v) is 8.77. The number of anilines is 2. The molecule has 6 heteroatoms. The summed E-state index contributed by atoms with van der Waals surface area (Å²) in [6.45, 7) is 2.07. The van der Waals surface area contributed by atoms with Gasteiger partial charge in [-0.15, -0.1) is 11.3 Å². The van der Waals surface area contributed by atoms with Crippen LogP contribution >= 0.6 is 11.3 Å². The van der Waals surface area contributed by atoms with Gasteiger partial charge in [-0.25, -0.2) is 9.97 Å². The van der Waals surface area contributed by atoms with Crippen molar-refractivity contribution in [2.45, 2.75) is 25.7 Å². The number of rotatable bonds is 4. The van der Waals surface area contributed by atoms with Crippen LogP contribution in [0.2, 0.25) is 0 Å². The Balaban J connectivity index is 1.47. The normalized spacial score (nSPS) is 13.8. The number of nitrogens with one attached hydrogen (secondary N) is 1. The molecule has 1 aromatic carbocycles. The molecule has 146 valence electrons. The highest BCUT2D eigenvalue weighted by molar-refractivity contribution is 7.18. The number of pyridine rings is 3. The molecule has 1 saturated carbocycles. The molecule has 0 radical (unpaired) electrons. The van der Waals surface area contributed by atoms with E-state index in [9.17, 15) is 0 Å². The minimum atomic E-state index is 0.676. The van der Waals surface area contributed by atoms with Crippen LogP contribution in [-0.4, -0.2) is 19.9 Å². The summed E-state index contributed by atoms with van der Waals surface area (Å²) in [5.74, 6) is 1.48. The molecule has 5 nitrogen and oxygen atoms in total. The van der Waals surface area contributed by atoms with Gasteiger partial charge in [0.05, 0.1) is 26.4 Å². The predicted molar refractivity (Wildman–Crippen MR) is 122 cm³/mol. The van der Waals surface area contributed by atoms with Crippen LogP contribution < -0.4 is 5.32 Å². The lowest BCUT2D eigenvalue weighted by Crippen LogP contribution is -2.00. The highest BCUT2D eigenvalue weighted by Crippen LogP contribution is 2.43. The van der Waals surface area contributed by atoms with Crippen molar-refractivity contribution in [3.8, 4) is 11.3 Å². The van der Waals surface area contributed by atoms with Crippen LogP contribution in [0.3, 0.4) is 0 Å². The number of fused-ring (bicyclic) bond motifs is 2. The Hall–Kier alpha value is -3.38. The van der Waals surface area contributed by atoms with Gasteiger partial charge in [0, 0.05) is 46.7 Å². The van der Waals surface area contributed by atoms with E-state index in [4.69, 9.17) is 9.97 Å². The van der Waals surface area contributed by atoms with Gasteiger partial charge >= 0.3 is 0 Å². The summed E-state index contributed by atoms with van der Waals surface area (Å²) in [5.41, 5.74) is 6.06. The van der Waals surface area contributed by atoms with Crippen LogP contribution in [0.4, 0.5) is 11.5 Å². The fourth-order valence-electron chi connectivity index (χ4n) is 3.81. The maximum absolute atomic E-state index is 5.00. The van der Waals surface area contributed by atoms with Crippen molar-refractivity contribution in [1.29, 1.82) is 0 Å². The summed E-state index contributed by atoms with van der Waals surface area (Å²) in [6, 6.07) is 14.3. The summed E-state index contributed by atoms with van der Waals surface area (Å²) >= 11 is 1.81. The highest BCUT2D eigenvalue weighted by atomic mass is 32.1. The second kappa shape index (κ2) is 6.85. The van der Waals surface area contributed by atoms with Crippen molar-refractivity contribution in [1.82, 2.24) is 19.9 Å². The summed E-state index contributed by atoms with van der Waals surface area (Å²) in [6.07, 6.45) is 7.96. The summed E-state index contributed by atoms with van der Waals surface area (Å²) in [5, 5.41) is 5.82. The van der Waals surface area contributed by atoms with E-state index in [0.29, 0.717) is 5.92 Å². The molecule has 0 amide bonds. The zero-order valence-electron chi connectivity index (χ0n) is 16.5. The van der Waals surface area contributed by atoms with Gasteiger partial charge in [0.25, 0.3) is 0 Å². The first-order valence-electron chi connectivity index (χ1n) is 10.1. The molecule has 0 aliphatic heterocycles. The number of hydrogen-bond donors (Lipinski definition) is 1. The third kappa shape index (κ3) is 3.00. The van der Waals surface area contributed by atoms with E-state index in [-0.39, 0.29) is 0 Å². The van der Waals surface area contributed by atoms with Crippen molar-refractivity contribution in [3.05, 3.63) is 71.6 Å². The molecule has 1 aliphatic rings. The standard InChI is InChI=1S/C24H19N5S/c1-14-21(15-8-11-25-12-9-15)29-23(18-3-2-10-26-22(14)18)27-17-6-7-19-20(13-17)30-24(28-19)16-4-5-16/h2-3,6-13,16H,4-5H2,1H3,(H,27,29). The van der Waals surface area contributed by atoms with Crippen molar-refractivity contribution < 1.29 is 0 Å². The zero-order valence-corrected chi connectivity index (χ0v) is 17.3. The Morgan fingerprint density at radius 1 is 1.00 bits per heavy atom. The molecular weight excluding hydrogens is 390 g/mol. The van der Waals surface area contributed by atoms with Crippen molar-refractivity contribution in [3.63, 3.8) is 0 Å². The molecule has 0 atom stereocenters. The lowest BCUT2D eigenvalue weighted by Gasteiger charge is -2.14. The number of benzene rings is 1. The first-order valence-corrected chi connectivity index (χ1v) is 10.9. The molecule has 0 saturated heterocycles. The number of nitrogens with zero attached hydrogens (tertiary/aromatic N) is 4. The van der Waals surface area contributed by atoms with E-state index in [1.807, 2.05) is 35.7 Å². The lowest BCUT2D eigenvalue weighted by atomic mass is 10.0. The topological polar surface area (TPSA) is 63.6 Å². The average Bonchev–Trinajstić information content (AvgIpc) is 3.55. The molecule has 0 unspecified atom stereocenters. The molecule has 1 aliphatic carbocycles. The van der Waals surface area contributed by atoms with Gasteiger partial charge < -0.3 is 5.32 Å². The number of aryl methyl sites for hydroxylation is 1. The third-order valence-electron chi connectivity index (χ3n) is 5.54. The summed E-state index contributed by atoms with van der Waals surface area (Å²) in [4.78, 5) is 18.6. The van der Waals surface area contributed by atoms with E-state index in [0.717, 1.165) is 44.7 Å². The third-order valence-corrected chi connectivity index (χ3v) is 6.73. The van der Waals surface area contributed by atoms with E-state index in [1.54, 1.807) is 12.4 Å². The molecule has 30 heavy (non-hydrogen) atoms. The molecule has 1 fully saturated rings. The Morgan fingerprint density at radius 2 is 1.87 bits per heavy atom. The molecular formula is C24H19N5S. The highest BCUT2D eigenvalue weighted by Gasteiger charge is 2.27. The van der Waals surface area contributed by atoms with Gasteiger partial charge in [-0.3, -0.25) is 9.97 Å². The van der Waals surface area contributed by atoms with E-state index >= 15 is 0 Å². The average molecular weight is 410 g/mol. The first-order chi connectivity index (χ1) is 14.8. The van der Waals surface area contributed by atoms with Gasteiger partial charge in [-0.2, -0.15) is 0 Å². The fraction of sp³-hybridized carbons (Fsp3) is 0.167. The van der Waals surface area contributed by atoms with Crippen molar-refractivity contribution >= 4 is 44.0 Å². The molecule has 6 rings (SSSR count). The maximum atomic E-state index is 5.00. The minimum Gasteiger partial charge on any atom is -0.340 e. The van der Waals surface area contributed by atoms with Crippen LogP contribution in [0.1, 0.15) is 29.3 Å². The van der Waals surface area contributed by atoms with E-state index < -0.39 is 0 Å². The van der Waals surface area contributed by atoms with Crippen molar-refractivity contribution in [2.75, 3.05) is 5.32 Å². The van der Waals surface area contributed by atoms with Gasteiger partial charge in [-0.05, 0) is 62.2 Å². The zero-order chi connectivity index (χ0) is 20.1. The maximum Gasteiger partial charge on any atom is 0.140 e. The largest absolute Gasteiger partial charge is 0.340 e. The van der Waals surface area contributed by atoms with Crippen molar-refractivity contribution in [2.24, 2.45) is 0 Å². The van der Waals surface area contributed by atoms with E-state index in [2.05, 4.69) is 46.5 Å². The number of hydrogen-bond acceptors (Lipinski definition) is 6. The minimum absolute atomic E-state index is 0.676. The first kappa shape index (κ1) is 17.5. The molecule has 0 spiro atoms. The monoisotopic (exact) mass is 409 g/mol. The second-order valence-electron chi connectivity index (χ2n) is 7.70. The quantitative estimate of drug-likeness (QED) is 0.381. The summed E-state index contributed by atoms with van der Waals surface area (Å²) < 4.78 is 1.21. The summed E-state index contributed by atoms with van der Waals surface area (Å²) in [7, 11) is 0. The van der Waals surface area contributed by atoms with Gasteiger partial charge in [0.2, 0.25) is 0 Å². The van der Waals surface area contributed by atoms with Crippen LogP contribution in [0, 0.1) is 6.92 Å². The Labute approximate surface area is 177 Å². The Bertz CT molecular complexity index is 1390. The van der Waals surface area contributed by atoms with Gasteiger partial charge in [0.15, 0.2) is 0 Å². The smallest absolute Gasteiger partial charge is 0.140 e. The van der Waals surface area contributed by atoms with Crippen LogP contribution in [0.5, 0.6) is 0 Å². The lowest BCUT2D eigenvalue weighted by molar-refractivity contribution is 1.10. The van der Waals surface area contributed by atoms with Crippen LogP contribution in [0.25, 0.3) is 32.4 Å². The Kier molecular flexibility index (Phi) is 3.99. The molecule has 4 heterocycles. The predicted octanol–water partition coefficient (Wildman–Crippen LogP) is 6.23. The molecule has 1 N–H and O–H groups in total. The van der Waals surface area contributed by atoms with E-state index in [1.165, 1.54) is 22.5 Å². The Morgan fingerprint density at radius 3 is 2.70 bits per heavy atom. The van der Waals surface area contributed by atoms with Crippen LogP contribution in [0.15, 0.2) is 61.1 Å².